The van der Waals surface area contributed by atoms with Crippen LogP contribution >= 0.6 is 0 Å². The Hall–Kier alpha value is -3.61. The lowest BCUT2D eigenvalue weighted by Gasteiger charge is -2.24. The van der Waals surface area contributed by atoms with Crippen molar-refractivity contribution in [1.82, 2.24) is 4.98 Å². The van der Waals surface area contributed by atoms with Crippen molar-refractivity contribution in [3.8, 4) is 11.5 Å². The fraction of sp³-hybridized carbons (Fsp3) is 0.320. The van der Waals surface area contributed by atoms with Crippen molar-refractivity contribution in [3.63, 3.8) is 0 Å². The van der Waals surface area contributed by atoms with E-state index in [1.807, 2.05) is 24.3 Å². The van der Waals surface area contributed by atoms with Crippen molar-refractivity contribution in [2.24, 2.45) is 5.92 Å². The van der Waals surface area contributed by atoms with Crippen molar-refractivity contribution in [3.05, 3.63) is 59.3 Å². The number of carbonyl (C=O) groups excluding carboxylic acids is 2. The number of para-hydroxylation sites is 1. The third-order valence-corrected chi connectivity index (χ3v) is 6.00. The summed E-state index contributed by atoms with van der Waals surface area (Å²) in [6.07, 6.45) is 1.68. The van der Waals surface area contributed by atoms with E-state index in [9.17, 15) is 9.59 Å². The molecule has 0 spiro atoms. The second-order valence-corrected chi connectivity index (χ2v) is 8.38. The lowest BCUT2D eigenvalue weighted by atomic mass is 9.84. The molecule has 2 heterocycles. The maximum Gasteiger partial charge on any atom is 0.339 e. The van der Waals surface area contributed by atoms with Gasteiger partial charge in [-0.2, -0.15) is 0 Å². The molecule has 1 aliphatic heterocycles. The number of hydrogen-bond acceptors (Lipinski definition) is 6. The third kappa shape index (κ3) is 3.75. The molecule has 0 radical (unpaired) electrons. The lowest BCUT2D eigenvalue weighted by Crippen LogP contribution is -2.31. The van der Waals surface area contributed by atoms with E-state index in [1.165, 1.54) is 0 Å². The summed E-state index contributed by atoms with van der Waals surface area (Å²) in [5.74, 6) is 0.742. The highest BCUT2D eigenvalue weighted by Crippen LogP contribution is 2.35. The van der Waals surface area contributed by atoms with Gasteiger partial charge in [-0.3, -0.25) is 9.78 Å². The molecule has 0 saturated heterocycles. The van der Waals surface area contributed by atoms with E-state index in [-0.39, 0.29) is 6.79 Å². The van der Waals surface area contributed by atoms with Crippen molar-refractivity contribution >= 4 is 28.5 Å². The predicted octanol–water partition coefficient (Wildman–Crippen LogP) is 4.27. The van der Waals surface area contributed by atoms with Crippen molar-refractivity contribution < 1.29 is 23.8 Å². The molecular formula is C25H24N2O5. The Morgan fingerprint density at radius 3 is 2.84 bits per heavy atom. The summed E-state index contributed by atoms with van der Waals surface area (Å²) in [5.41, 5.74) is 3.73. The number of hydrogen-bond donors (Lipinski definition) is 1. The number of anilines is 1. The molecule has 32 heavy (non-hydrogen) atoms. The number of ether oxygens (including phenoxy) is 3. The summed E-state index contributed by atoms with van der Waals surface area (Å²) in [5, 5.41) is 3.53. The van der Waals surface area contributed by atoms with Crippen molar-refractivity contribution in [2.45, 2.75) is 39.2 Å². The van der Waals surface area contributed by atoms with E-state index in [2.05, 4.69) is 12.2 Å². The summed E-state index contributed by atoms with van der Waals surface area (Å²) >= 11 is 0. The number of amides is 1. The average Bonchev–Trinajstić information content (AvgIpc) is 3.25. The van der Waals surface area contributed by atoms with Crippen LogP contribution in [0.25, 0.3) is 10.9 Å². The zero-order valence-electron chi connectivity index (χ0n) is 18.0. The largest absolute Gasteiger partial charge is 0.454 e. The number of esters is 1. The molecule has 2 atom stereocenters. The fourth-order valence-corrected chi connectivity index (χ4v) is 4.29. The van der Waals surface area contributed by atoms with Gasteiger partial charge in [-0.15, -0.1) is 0 Å². The predicted molar refractivity (Wildman–Crippen MR) is 119 cm³/mol. The Bertz CT molecular complexity index is 1220. The van der Waals surface area contributed by atoms with Gasteiger partial charge in [0.05, 0.1) is 11.1 Å². The number of fused-ring (bicyclic) bond motifs is 3. The normalized spacial score (nSPS) is 17.5. The molecule has 7 heteroatoms. The average molecular weight is 432 g/mol. The number of carbonyl (C=O) groups is 2. The van der Waals surface area contributed by atoms with Gasteiger partial charge in [-0.05, 0) is 55.9 Å². The quantitative estimate of drug-likeness (QED) is 0.620. The van der Waals surface area contributed by atoms with Crippen LogP contribution in [0, 0.1) is 5.92 Å². The number of nitrogens with one attached hydrogen (secondary N) is 1. The highest BCUT2D eigenvalue weighted by molar-refractivity contribution is 6.06. The zero-order chi connectivity index (χ0) is 22.2. The van der Waals surface area contributed by atoms with Crippen LogP contribution < -0.4 is 14.8 Å². The Balaban J connectivity index is 1.38. The zero-order valence-corrected chi connectivity index (χ0v) is 18.0. The van der Waals surface area contributed by atoms with E-state index in [0.29, 0.717) is 28.7 Å². The molecule has 2 aromatic carbocycles. The molecule has 2 aliphatic rings. The maximum atomic E-state index is 13.3. The number of rotatable bonds is 4. The number of nitrogens with zero attached hydrogens (tertiary/aromatic N) is 1. The van der Waals surface area contributed by atoms with Crippen LogP contribution in [0.3, 0.4) is 0 Å². The van der Waals surface area contributed by atoms with Gasteiger partial charge < -0.3 is 19.5 Å². The van der Waals surface area contributed by atoms with Crippen LogP contribution in [-0.2, 0) is 22.4 Å². The maximum absolute atomic E-state index is 13.3. The summed E-state index contributed by atoms with van der Waals surface area (Å²) < 4.78 is 16.3. The topological polar surface area (TPSA) is 86.8 Å². The molecule has 5 rings (SSSR count). The SMILES string of the molecule is C[C@@H]1CCc2nc3ccccc3c(C(=O)O[C@H](C)C(=O)Nc3ccc4c(c3)OCO4)c2C1. The van der Waals surface area contributed by atoms with Gasteiger partial charge in [0, 0.05) is 22.8 Å². The van der Waals surface area contributed by atoms with Crippen LogP contribution in [-0.4, -0.2) is 29.8 Å². The molecule has 0 unspecified atom stereocenters. The molecule has 1 amide bonds. The highest BCUT2D eigenvalue weighted by Gasteiger charge is 2.28. The second kappa shape index (κ2) is 8.15. The molecular weight excluding hydrogens is 408 g/mol. The van der Waals surface area contributed by atoms with Crippen LogP contribution in [0.15, 0.2) is 42.5 Å². The van der Waals surface area contributed by atoms with Crippen molar-refractivity contribution in [2.75, 3.05) is 12.1 Å². The van der Waals surface area contributed by atoms with E-state index in [0.717, 1.165) is 41.4 Å². The van der Waals surface area contributed by atoms with Gasteiger partial charge in [0.25, 0.3) is 5.91 Å². The highest BCUT2D eigenvalue weighted by atomic mass is 16.7. The molecule has 1 aliphatic carbocycles. The fourth-order valence-electron chi connectivity index (χ4n) is 4.29. The first-order chi connectivity index (χ1) is 15.5. The molecule has 0 saturated carbocycles. The van der Waals surface area contributed by atoms with Gasteiger partial charge in [0.1, 0.15) is 0 Å². The summed E-state index contributed by atoms with van der Waals surface area (Å²) in [6, 6.07) is 12.7. The number of aryl methyl sites for hydroxylation is 1. The monoisotopic (exact) mass is 432 g/mol. The van der Waals surface area contributed by atoms with Gasteiger partial charge in [-0.1, -0.05) is 25.1 Å². The number of pyridine rings is 1. The van der Waals surface area contributed by atoms with Crippen LogP contribution in [0.5, 0.6) is 11.5 Å². The van der Waals surface area contributed by atoms with Gasteiger partial charge >= 0.3 is 5.97 Å². The van der Waals surface area contributed by atoms with Gasteiger partial charge in [0.2, 0.25) is 6.79 Å². The Morgan fingerprint density at radius 1 is 1.16 bits per heavy atom. The van der Waals surface area contributed by atoms with E-state index in [1.54, 1.807) is 25.1 Å². The first-order valence-electron chi connectivity index (χ1n) is 10.8. The Labute approximate surface area is 185 Å². The van der Waals surface area contributed by atoms with Gasteiger partial charge in [0.15, 0.2) is 17.6 Å². The molecule has 3 aromatic rings. The third-order valence-electron chi connectivity index (χ3n) is 6.00. The Kier molecular flexibility index (Phi) is 5.17. The van der Waals surface area contributed by atoms with Crippen LogP contribution in [0.4, 0.5) is 5.69 Å². The van der Waals surface area contributed by atoms with E-state index < -0.39 is 18.0 Å². The van der Waals surface area contributed by atoms with E-state index in [4.69, 9.17) is 19.2 Å². The molecule has 0 fully saturated rings. The summed E-state index contributed by atoms with van der Waals surface area (Å²) in [6.45, 7) is 3.90. The molecule has 164 valence electrons. The van der Waals surface area contributed by atoms with Crippen LogP contribution in [0.1, 0.15) is 41.9 Å². The summed E-state index contributed by atoms with van der Waals surface area (Å²) in [7, 11) is 0. The first kappa shape index (κ1) is 20.3. The van der Waals surface area contributed by atoms with Gasteiger partial charge in [-0.25, -0.2) is 4.79 Å². The number of benzene rings is 2. The molecule has 1 N–H and O–H groups in total. The Morgan fingerprint density at radius 2 is 1.97 bits per heavy atom. The molecule has 0 bridgehead atoms. The second-order valence-electron chi connectivity index (χ2n) is 8.38. The molecule has 1 aromatic heterocycles. The van der Waals surface area contributed by atoms with Crippen LogP contribution in [0.2, 0.25) is 0 Å². The smallest absolute Gasteiger partial charge is 0.339 e. The minimum absolute atomic E-state index is 0.156. The van der Waals surface area contributed by atoms with Crippen molar-refractivity contribution in [1.29, 1.82) is 0 Å². The summed E-state index contributed by atoms with van der Waals surface area (Å²) in [4.78, 5) is 30.8. The standard InChI is InChI=1S/C25H24N2O5/c1-14-7-9-20-18(11-14)23(17-5-3-4-6-19(17)27-20)25(29)32-15(2)24(28)26-16-8-10-21-22(12-16)31-13-30-21/h3-6,8,10,12,14-15H,7,9,11,13H2,1-2H3,(H,26,28)/t14-,15-/m1/s1. The first-order valence-corrected chi connectivity index (χ1v) is 10.8. The lowest BCUT2D eigenvalue weighted by molar-refractivity contribution is -0.123. The minimum Gasteiger partial charge on any atom is -0.454 e. The minimum atomic E-state index is -0.975. The number of aromatic nitrogens is 1. The molecule has 7 nitrogen and oxygen atoms in total. The van der Waals surface area contributed by atoms with E-state index >= 15 is 0 Å².